The molecule has 3 rings (SSSR count). The van der Waals surface area contributed by atoms with Gasteiger partial charge in [0.15, 0.2) is 23.8 Å². The number of fused-ring (bicyclic) bond motifs is 1. The number of benzene rings is 2. The summed E-state index contributed by atoms with van der Waals surface area (Å²) in [4.78, 5) is 8.21. The van der Waals surface area contributed by atoms with E-state index < -0.39 is 49.4 Å². The molecule has 0 saturated heterocycles. The van der Waals surface area contributed by atoms with Gasteiger partial charge in [-0.3, -0.25) is 0 Å². The third-order valence-corrected chi connectivity index (χ3v) is 5.89. The fraction of sp³-hybridized carbons (Fsp3) is 0.364. The summed E-state index contributed by atoms with van der Waals surface area (Å²) in [5.41, 5.74) is -0.532. The van der Waals surface area contributed by atoms with E-state index in [-0.39, 0.29) is 28.5 Å². The lowest BCUT2D eigenvalue weighted by molar-refractivity contribution is -0.137. The van der Waals surface area contributed by atoms with Gasteiger partial charge in [0.1, 0.15) is 24.4 Å². The molecule has 0 unspecified atom stereocenters. The number of methoxy groups -OCH3 is 1. The molecule has 1 aromatic heterocycles. The molecular weight excluding hydrogens is 558 g/mol. The third-order valence-electron chi connectivity index (χ3n) is 5.20. The molecule has 3 aromatic rings. The Morgan fingerprint density at radius 3 is 2.36 bits per heavy atom. The first-order valence-corrected chi connectivity index (χ1v) is 11.1. The maximum atomic E-state index is 13.6. The Kier molecular flexibility index (Phi) is 8.89. The number of aliphatic hydroxyl groups excluding tert-OH is 4. The molecule has 5 N–H and O–H groups in total. The topological polar surface area (TPSA) is 137 Å². The van der Waals surface area contributed by atoms with Crippen molar-refractivity contribution in [2.45, 2.75) is 30.7 Å². The van der Waals surface area contributed by atoms with E-state index in [9.17, 15) is 32.9 Å². The van der Waals surface area contributed by atoms with Gasteiger partial charge in [0.2, 0.25) is 0 Å². The van der Waals surface area contributed by atoms with E-state index in [0.29, 0.717) is 9.86 Å². The number of rotatable bonds is 10. The maximum absolute atomic E-state index is 13.6. The summed E-state index contributed by atoms with van der Waals surface area (Å²) in [5, 5.41) is 41.6. The van der Waals surface area contributed by atoms with Crippen molar-refractivity contribution in [3.05, 3.63) is 46.7 Å². The highest BCUT2D eigenvalue weighted by Gasteiger charge is 2.34. The van der Waals surface area contributed by atoms with Crippen LogP contribution < -0.4 is 14.8 Å². The summed E-state index contributed by atoms with van der Waals surface area (Å²) < 4.78 is 64.3. The highest BCUT2D eigenvalue weighted by atomic mass is 79.9. The molecule has 0 radical (unpaired) electrons. The summed E-state index contributed by atoms with van der Waals surface area (Å²) in [6.45, 7) is -1.87. The van der Waals surface area contributed by atoms with E-state index in [1.54, 1.807) is 0 Å². The van der Waals surface area contributed by atoms with Gasteiger partial charge in [0, 0.05) is 15.9 Å². The van der Waals surface area contributed by atoms with Crippen LogP contribution in [-0.2, 0) is 6.18 Å². The molecule has 0 fully saturated rings. The fourth-order valence-electron chi connectivity index (χ4n) is 3.26. The normalized spacial score (nSPS) is 15.3. The summed E-state index contributed by atoms with van der Waals surface area (Å²) in [5.74, 6) is 0.157. The van der Waals surface area contributed by atoms with Crippen molar-refractivity contribution < 1.29 is 47.5 Å². The van der Waals surface area contributed by atoms with Crippen molar-refractivity contribution in [3.63, 3.8) is 0 Å². The van der Waals surface area contributed by atoms with Crippen LogP contribution >= 0.6 is 15.9 Å². The zero-order valence-corrected chi connectivity index (χ0v) is 20.2. The van der Waals surface area contributed by atoms with Gasteiger partial charge in [-0.1, -0.05) is 0 Å². The zero-order chi connectivity index (χ0) is 26.6. The molecule has 0 aliphatic heterocycles. The highest BCUT2D eigenvalue weighted by Crippen LogP contribution is 2.38. The molecule has 0 spiro atoms. The van der Waals surface area contributed by atoms with Crippen LogP contribution in [0.5, 0.6) is 11.5 Å². The van der Waals surface area contributed by atoms with Gasteiger partial charge < -0.3 is 35.2 Å². The van der Waals surface area contributed by atoms with Crippen molar-refractivity contribution in [1.82, 2.24) is 9.97 Å². The van der Waals surface area contributed by atoms with Crippen LogP contribution in [-0.4, -0.2) is 75.2 Å². The molecule has 1 heterocycles. The minimum Gasteiger partial charge on any atom is -0.493 e. The van der Waals surface area contributed by atoms with Crippen LogP contribution in [0.2, 0.25) is 0 Å². The van der Waals surface area contributed by atoms with Gasteiger partial charge in [-0.2, -0.15) is 13.2 Å². The van der Waals surface area contributed by atoms with Crippen molar-refractivity contribution in [2.24, 2.45) is 0 Å². The second-order valence-electron chi connectivity index (χ2n) is 7.58. The van der Waals surface area contributed by atoms with E-state index in [1.807, 2.05) is 0 Å². The summed E-state index contributed by atoms with van der Waals surface area (Å²) in [6.07, 6.45) is -11.0. The van der Waals surface area contributed by atoms with Gasteiger partial charge in [0.05, 0.1) is 37.1 Å². The van der Waals surface area contributed by atoms with Crippen molar-refractivity contribution in [2.75, 3.05) is 25.6 Å². The van der Waals surface area contributed by atoms with Crippen LogP contribution in [0.3, 0.4) is 0 Å². The number of hydrogen-bond donors (Lipinski definition) is 5. The molecule has 14 heteroatoms. The van der Waals surface area contributed by atoms with Gasteiger partial charge in [-0.15, -0.1) is 0 Å². The quantitative estimate of drug-likeness (QED) is 0.229. The average molecular weight is 580 g/mol. The van der Waals surface area contributed by atoms with E-state index in [0.717, 1.165) is 18.5 Å². The van der Waals surface area contributed by atoms with Crippen molar-refractivity contribution in [1.29, 1.82) is 0 Å². The van der Waals surface area contributed by atoms with Crippen LogP contribution in [0.15, 0.2) is 41.1 Å². The number of ether oxygens (including phenoxy) is 2. The number of aliphatic hydroxyl groups is 4. The van der Waals surface area contributed by atoms with Crippen molar-refractivity contribution >= 4 is 38.3 Å². The third kappa shape index (κ3) is 6.13. The average Bonchev–Trinajstić information content (AvgIpc) is 2.86. The van der Waals surface area contributed by atoms with Crippen LogP contribution in [0.4, 0.5) is 29.1 Å². The zero-order valence-electron chi connectivity index (χ0n) is 18.6. The molecule has 2 aromatic carbocycles. The lowest BCUT2D eigenvalue weighted by atomic mass is 10.0. The number of anilines is 2. The fourth-order valence-corrected chi connectivity index (χ4v) is 3.61. The van der Waals surface area contributed by atoms with E-state index in [4.69, 9.17) is 14.6 Å². The Balaban J connectivity index is 1.97. The molecular formula is C22H22BrF4N3O6. The SMILES string of the molecule is COc1cc2c(Nc3cc(C(F)(F)F)ccc3Br)ncnc2cc1O[C@H](CO)[C@H](O)[C@@H](O)[C@H](F)CO. The Bertz CT molecular complexity index is 1200. The minimum atomic E-state index is -4.55. The number of halogens is 5. The molecule has 36 heavy (non-hydrogen) atoms. The first-order valence-electron chi connectivity index (χ1n) is 10.3. The maximum Gasteiger partial charge on any atom is 0.416 e. The second kappa shape index (κ2) is 11.5. The number of nitrogens with zero attached hydrogens (tertiary/aromatic N) is 2. The number of aromatic nitrogens is 2. The lowest BCUT2D eigenvalue weighted by Crippen LogP contribution is -2.48. The van der Waals surface area contributed by atoms with Gasteiger partial charge in [-0.25, -0.2) is 14.4 Å². The van der Waals surface area contributed by atoms with Crippen molar-refractivity contribution in [3.8, 4) is 11.5 Å². The lowest BCUT2D eigenvalue weighted by Gasteiger charge is -2.28. The minimum absolute atomic E-state index is 0.0420. The molecule has 0 amide bonds. The number of nitrogens with one attached hydrogen (secondary N) is 1. The molecule has 9 nitrogen and oxygen atoms in total. The standard InChI is InChI=1S/C22H22BrF4N3O6/c1-35-16-5-11-14(6-17(16)36-18(8-32)20(34)19(33)13(24)7-31)28-9-29-21(11)30-15-4-10(22(25,26)27)2-3-12(15)23/h2-6,9,13,18-20,31-34H,7-8H2,1H3,(H,28,29,30)/t13-,18-,19+,20+/m1/s1. The Labute approximate surface area is 210 Å². The molecule has 0 saturated carbocycles. The number of alkyl halides is 4. The smallest absolute Gasteiger partial charge is 0.416 e. The van der Waals surface area contributed by atoms with Crippen LogP contribution in [0, 0.1) is 0 Å². The molecule has 0 aliphatic rings. The Hall–Kier alpha value is -2.78. The predicted octanol–water partition coefficient (Wildman–Crippen LogP) is 2.96. The van der Waals surface area contributed by atoms with Crippen LogP contribution in [0.25, 0.3) is 10.9 Å². The second-order valence-corrected chi connectivity index (χ2v) is 8.43. The Morgan fingerprint density at radius 2 is 1.75 bits per heavy atom. The molecule has 196 valence electrons. The molecule has 0 bridgehead atoms. The number of hydrogen-bond acceptors (Lipinski definition) is 9. The first-order chi connectivity index (χ1) is 17.0. The highest BCUT2D eigenvalue weighted by molar-refractivity contribution is 9.10. The van der Waals surface area contributed by atoms with Gasteiger partial charge in [-0.05, 0) is 40.2 Å². The molecule has 0 aliphatic carbocycles. The monoisotopic (exact) mass is 579 g/mol. The molecule has 4 atom stereocenters. The van der Waals surface area contributed by atoms with Gasteiger partial charge in [0.25, 0.3) is 0 Å². The summed E-state index contributed by atoms with van der Waals surface area (Å²) >= 11 is 3.21. The predicted molar refractivity (Wildman–Crippen MR) is 124 cm³/mol. The van der Waals surface area contributed by atoms with E-state index in [1.165, 1.54) is 25.3 Å². The Morgan fingerprint density at radius 1 is 1.03 bits per heavy atom. The first kappa shape index (κ1) is 27.8. The van der Waals surface area contributed by atoms with E-state index in [2.05, 4.69) is 31.2 Å². The largest absolute Gasteiger partial charge is 0.493 e. The van der Waals surface area contributed by atoms with E-state index >= 15 is 0 Å². The van der Waals surface area contributed by atoms with Crippen LogP contribution in [0.1, 0.15) is 5.56 Å². The van der Waals surface area contributed by atoms with Gasteiger partial charge >= 0.3 is 6.18 Å². The summed E-state index contributed by atoms with van der Waals surface area (Å²) in [6, 6.07) is 5.85. The summed E-state index contributed by atoms with van der Waals surface area (Å²) in [7, 11) is 1.29.